The summed E-state index contributed by atoms with van der Waals surface area (Å²) in [4.78, 5) is 29.3. The number of alkyl halides is 3. The molecule has 0 saturated carbocycles. The average molecular weight is 322 g/mol. The summed E-state index contributed by atoms with van der Waals surface area (Å²) in [5.74, 6) is 0. The fraction of sp³-hybridized carbons (Fsp3) is 0.538. The molecule has 9 heteroatoms. The van der Waals surface area contributed by atoms with Crippen LogP contribution < -0.4 is 15.3 Å². The van der Waals surface area contributed by atoms with Gasteiger partial charge in [-0.1, -0.05) is 0 Å². The molecule has 0 aromatic carbocycles. The number of carbonyl (C=O) groups is 1. The molecule has 1 aromatic rings. The molecule has 0 bridgehead atoms. The number of rotatable bonds is 2. The average Bonchev–Trinajstić information content (AvgIpc) is 2.34. The molecule has 0 spiro atoms. The van der Waals surface area contributed by atoms with Crippen molar-refractivity contribution in [3.05, 3.63) is 28.2 Å². The van der Waals surface area contributed by atoms with Gasteiger partial charge in [0.15, 0.2) is 5.69 Å². The maximum absolute atomic E-state index is 12.8. The number of pyridine rings is 1. The van der Waals surface area contributed by atoms with Crippen LogP contribution in [0.4, 0.5) is 23.7 Å². The predicted molar refractivity (Wildman–Crippen MR) is 72.8 cm³/mol. The SMILES string of the molecule is COn1c(C(F)(F)F)ccc(N(C)C(=O)OC(C)(C)C)c1=O. The highest BCUT2D eigenvalue weighted by atomic mass is 19.4. The molecule has 0 unspecified atom stereocenters. The van der Waals surface area contributed by atoms with Crippen LogP contribution in [-0.4, -0.2) is 30.6 Å². The first-order chi connectivity index (χ1) is 9.88. The summed E-state index contributed by atoms with van der Waals surface area (Å²) in [6.07, 6.45) is -5.63. The molecular formula is C13H17F3N2O4. The zero-order valence-corrected chi connectivity index (χ0v) is 12.8. The topological polar surface area (TPSA) is 60.8 Å². The Morgan fingerprint density at radius 2 is 1.77 bits per heavy atom. The van der Waals surface area contributed by atoms with E-state index in [9.17, 15) is 22.8 Å². The van der Waals surface area contributed by atoms with Gasteiger partial charge in [0.05, 0.1) is 0 Å². The van der Waals surface area contributed by atoms with E-state index in [4.69, 9.17) is 4.74 Å². The van der Waals surface area contributed by atoms with Crippen molar-refractivity contribution in [2.45, 2.75) is 32.5 Å². The van der Waals surface area contributed by atoms with Gasteiger partial charge < -0.3 is 9.57 Å². The first kappa shape index (κ1) is 17.9. The number of nitrogens with zero attached hydrogens (tertiary/aromatic N) is 2. The van der Waals surface area contributed by atoms with Crippen LogP contribution in [0.25, 0.3) is 0 Å². The van der Waals surface area contributed by atoms with Crippen LogP contribution in [0, 0.1) is 0 Å². The van der Waals surface area contributed by atoms with Crippen LogP contribution >= 0.6 is 0 Å². The smallest absolute Gasteiger partial charge is 0.434 e. The van der Waals surface area contributed by atoms with E-state index in [1.54, 1.807) is 20.8 Å². The number of anilines is 1. The minimum atomic E-state index is -4.77. The number of aromatic nitrogens is 1. The number of hydrogen-bond acceptors (Lipinski definition) is 4. The van der Waals surface area contributed by atoms with Crippen molar-refractivity contribution in [1.29, 1.82) is 0 Å². The summed E-state index contributed by atoms with van der Waals surface area (Å²) in [6.45, 7) is 4.87. The molecular weight excluding hydrogens is 305 g/mol. The summed E-state index contributed by atoms with van der Waals surface area (Å²) in [5.41, 5.74) is -3.51. The lowest BCUT2D eigenvalue weighted by atomic mass is 10.2. The predicted octanol–water partition coefficient (Wildman–Crippen LogP) is 2.30. The molecule has 0 atom stereocenters. The Bertz CT molecular complexity index is 617. The zero-order valence-electron chi connectivity index (χ0n) is 12.8. The van der Waals surface area contributed by atoms with E-state index in [1.807, 2.05) is 0 Å². The molecule has 0 N–H and O–H groups in total. The minimum absolute atomic E-state index is 0.0796. The van der Waals surface area contributed by atoms with Crippen LogP contribution in [0.5, 0.6) is 0 Å². The molecule has 22 heavy (non-hydrogen) atoms. The van der Waals surface area contributed by atoms with Crippen LogP contribution in [0.15, 0.2) is 16.9 Å². The van der Waals surface area contributed by atoms with E-state index in [0.29, 0.717) is 6.07 Å². The summed E-state index contributed by atoms with van der Waals surface area (Å²) in [7, 11) is 2.14. The molecule has 0 radical (unpaired) electrons. The lowest BCUT2D eigenvalue weighted by Gasteiger charge is -2.25. The van der Waals surface area contributed by atoms with Crippen molar-refractivity contribution in [1.82, 2.24) is 4.73 Å². The van der Waals surface area contributed by atoms with E-state index in [0.717, 1.165) is 18.1 Å². The minimum Gasteiger partial charge on any atom is -0.443 e. The maximum atomic E-state index is 12.8. The second kappa shape index (κ2) is 5.90. The van der Waals surface area contributed by atoms with Crippen LogP contribution in [-0.2, 0) is 10.9 Å². The third kappa shape index (κ3) is 3.92. The van der Waals surface area contributed by atoms with Gasteiger partial charge in [-0.25, -0.2) is 4.79 Å². The van der Waals surface area contributed by atoms with Crippen molar-refractivity contribution >= 4 is 11.8 Å². The normalized spacial score (nSPS) is 12.0. The largest absolute Gasteiger partial charge is 0.443 e. The summed E-state index contributed by atoms with van der Waals surface area (Å²) >= 11 is 0. The van der Waals surface area contributed by atoms with E-state index in [2.05, 4.69) is 4.84 Å². The fourth-order valence-corrected chi connectivity index (χ4v) is 1.59. The molecule has 1 amide bonds. The molecule has 1 aromatic heterocycles. The first-order valence-corrected chi connectivity index (χ1v) is 6.23. The van der Waals surface area contributed by atoms with Gasteiger partial charge in [0, 0.05) is 7.05 Å². The second-order valence-electron chi connectivity index (χ2n) is 5.42. The van der Waals surface area contributed by atoms with E-state index in [1.165, 1.54) is 7.05 Å². The molecule has 6 nitrogen and oxygen atoms in total. The lowest BCUT2D eigenvalue weighted by molar-refractivity contribution is -0.151. The van der Waals surface area contributed by atoms with Gasteiger partial charge in [-0.2, -0.15) is 13.2 Å². The molecule has 0 aliphatic heterocycles. The fourth-order valence-electron chi connectivity index (χ4n) is 1.59. The highest BCUT2D eigenvalue weighted by Gasteiger charge is 2.36. The van der Waals surface area contributed by atoms with E-state index < -0.39 is 29.1 Å². The van der Waals surface area contributed by atoms with Crippen LogP contribution in [0.3, 0.4) is 0 Å². The Hall–Kier alpha value is -2.19. The Morgan fingerprint density at radius 1 is 1.23 bits per heavy atom. The molecule has 0 aliphatic carbocycles. The van der Waals surface area contributed by atoms with Gasteiger partial charge >= 0.3 is 17.8 Å². The highest BCUT2D eigenvalue weighted by molar-refractivity contribution is 5.86. The van der Waals surface area contributed by atoms with Gasteiger partial charge in [-0.15, -0.1) is 4.73 Å². The van der Waals surface area contributed by atoms with Crippen molar-refractivity contribution in [2.75, 3.05) is 19.1 Å². The van der Waals surface area contributed by atoms with E-state index >= 15 is 0 Å². The van der Waals surface area contributed by atoms with Gasteiger partial charge in [0.2, 0.25) is 0 Å². The molecule has 1 heterocycles. The molecule has 1 rings (SSSR count). The summed E-state index contributed by atoms with van der Waals surface area (Å²) in [6, 6.07) is 1.55. The zero-order chi connectivity index (χ0) is 17.3. The second-order valence-corrected chi connectivity index (χ2v) is 5.42. The molecule has 0 saturated heterocycles. The quantitative estimate of drug-likeness (QED) is 0.838. The number of halogens is 3. The molecule has 0 fully saturated rings. The lowest BCUT2D eigenvalue weighted by Crippen LogP contribution is -2.40. The Morgan fingerprint density at radius 3 is 2.18 bits per heavy atom. The third-order valence-electron chi connectivity index (χ3n) is 2.52. The standard InChI is InChI=1S/C13H17F3N2O4/c1-12(2,3)22-11(20)17(4)8-6-7-9(13(14,15)16)18(21-5)10(8)19/h6-7H,1-5H3. The van der Waals surface area contributed by atoms with Gasteiger partial charge in [0.25, 0.3) is 0 Å². The van der Waals surface area contributed by atoms with Crippen molar-refractivity contribution in [3.8, 4) is 0 Å². The number of amides is 1. The van der Waals surface area contributed by atoms with Crippen molar-refractivity contribution in [3.63, 3.8) is 0 Å². The monoisotopic (exact) mass is 322 g/mol. The highest BCUT2D eigenvalue weighted by Crippen LogP contribution is 2.28. The Kier molecular flexibility index (Phi) is 4.79. The number of hydrogen-bond donors (Lipinski definition) is 0. The summed E-state index contributed by atoms with van der Waals surface area (Å²) in [5, 5.41) is 0. The van der Waals surface area contributed by atoms with Crippen LogP contribution in [0.2, 0.25) is 0 Å². The maximum Gasteiger partial charge on any atom is 0.434 e. The van der Waals surface area contributed by atoms with Gasteiger partial charge in [-0.3, -0.25) is 9.69 Å². The van der Waals surface area contributed by atoms with Gasteiger partial charge in [0.1, 0.15) is 18.4 Å². The van der Waals surface area contributed by atoms with Crippen LogP contribution in [0.1, 0.15) is 26.5 Å². The van der Waals surface area contributed by atoms with E-state index in [-0.39, 0.29) is 10.4 Å². The Labute approximate surface area is 125 Å². The molecule has 0 aliphatic rings. The van der Waals surface area contributed by atoms with Crippen molar-refractivity contribution < 1.29 is 27.5 Å². The van der Waals surface area contributed by atoms with Crippen molar-refractivity contribution in [2.24, 2.45) is 0 Å². The number of ether oxygens (including phenoxy) is 1. The third-order valence-corrected chi connectivity index (χ3v) is 2.52. The van der Waals surface area contributed by atoms with Gasteiger partial charge in [-0.05, 0) is 32.9 Å². The first-order valence-electron chi connectivity index (χ1n) is 6.23. The summed E-state index contributed by atoms with van der Waals surface area (Å²) < 4.78 is 43.5. The number of carbonyl (C=O) groups excluding carboxylic acids is 1. The molecule has 124 valence electrons. The Balaban J connectivity index is 3.28.